The molecule has 1 unspecified atom stereocenters. The lowest BCUT2D eigenvalue weighted by atomic mass is 10.0. The molecule has 1 aliphatic carbocycles. The monoisotopic (exact) mass is 428 g/mol. The van der Waals surface area contributed by atoms with Gasteiger partial charge >= 0.3 is 0 Å². The predicted molar refractivity (Wildman–Crippen MR) is 111 cm³/mol. The van der Waals surface area contributed by atoms with Crippen molar-refractivity contribution in [2.24, 2.45) is 5.92 Å². The van der Waals surface area contributed by atoms with Crippen LogP contribution in [0.2, 0.25) is 0 Å². The van der Waals surface area contributed by atoms with E-state index in [9.17, 15) is 4.79 Å². The van der Waals surface area contributed by atoms with Gasteiger partial charge in [0.1, 0.15) is 12.6 Å². The lowest BCUT2D eigenvalue weighted by Gasteiger charge is -2.19. The Bertz CT molecular complexity index is 998. The second-order valence-corrected chi connectivity index (χ2v) is 8.31. The molecule has 0 saturated heterocycles. The van der Waals surface area contributed by atoms with Crippen LogP contribution in [0, 0.1) is 5.92 Å². The molecule has 0 radical (unpaired) electrons. The number of hydrogen-bond donors (Lipinski definition) is 1. The Kier molecular flexibility index (Phi) is 5.98. The average Bonchev–Trinajstić information content (AvgIpc) is 3.25. The highest BCUT2D eigenvalue weighted by Crippen LogP contribution is 2.38. The van der Waals surface area contributed by atoms with Crippen molar-refractivity contribution in [1.82, 2.24) is 20.4 Å². The quantitative estimate of drug-likeness (QED) is 0.547. The number of nitrogens with zero attached hydrogens (tertiary/aromatic N) is 3. The molecule has 2 aromatic heterocycles. The van der Waals surface area contributed by atoms with Crippen molar-refractivity contribution >= 4 is 17.2 Å². The Labute approximate surface area is 178 Å². The zero-order valence-electron chi connectivity index (χ0n) is 17.1. The number of benzene rings is 1. The first-order valence-corrected chi connectivity index (χ1v) is 10.8. The molecule has 2 heterocycles. The van der Waals surface area contributed by atoms with E-state index in [1.54, 1.807) is 30.8 Å². The van der Waals surface area contributed by atoms with Gasteiger partial charge in [0, 0.05) is 16.9 Å². The number of carbonyl (C=O) groups is 1. The molecule has 1 fully saturated rings. The largest absolute Gasteiger partial charge is 0.493 e. The average molecular weight is 429 g/mol. The van der Waals surface area contributed by atoms with E-state index < -0.39 is 0 Å². The van der Waals surface area contributed by atoms with Crippen molar-refractivity contribution in [3.05, 3.63) is 52.1 Å². The molecule has 4 rings (SSSR count). The molecule has 1 N–H and O–H groups in total. The minimum Gasteiger partial charge on any atom is -0.493 e. The van der Waals surface area contributed by atoms with Crippen molar-refractivity contribution in [2.75, 3.05) is 7.11 Å². The summed E-state index contributed by atoms with van der Waals surface area (Å²) in [5.41, 5.74) is 3.06. The summed E-state index contributed by atoms with van der Waals surface area (Å²) in [7, 11) is 1.54. The Hall–Kier alpha value is -2.94. The third kappa shape index (κ3) is 4.62. The van der Waals surface area contributed by atoms with Crippen LogP contribution in [0.1, 0.15) is 66.4 Å². The lowest BCUT2D eigenvalue weighted by molar-refractivity contribution is 0.0913. The van der Waals surface area contributed by atoms with Crippen LogP contribution in [0.3, 0.4) is 0 Å². The first kappa shape index (κ1) is 20.3. The predicted octanol–water partition coefficient (Wildman–Crippen LogP) is 4.12. The van der Waals surface area contributed by atoms with E-state index in [2.05, 4.69) is 20.4 Å². The number of nitrogens with one attached hydrogen (secondary N) is 1. The maximum absolute atomic E-state index is 12.9. The number of thiazole rings is 1. The molecule has 9 heteroatoms. The van der Waals surface area contributed by atoms with Crippen molar-refractivity contribution in [1.29, 1.82) is 0 Å². The van der Waals surface area contributed by atoms with E-state index in [0.29, 0.717) is 35.5 Å². The highest BCUT2D eigenvalue weighted by atomic mass is 32.1. The fourth-order valence-corrected chi connectivity index (χ4v) is 3.55. The van der Waals surface area contributed by atoms with Crippen LogP contribution in [-0.2, 0) is 6.61 Å². The van der Waals surface area contributed by atoms with E-state index in [4.69, 9.17) is 14.0 Å². The summed E-state index contributed by atoms with van der Waals surface area (Å²) in [5, 5.41) is 8.99. The van der Waals surface area contributed by atoms with Crippen LogP contribution in [0.5, 0.6) is 11.5 Å². The third-order valence-electron chi connectivity index (χ3n) is 4.90. The molecular weight excluding hydrogens is 404 g/mol. The summed E-state index contributed by atoms with van der Waals surface area (Å²) in [5.74, 6) is 2.44. The van der Waals surface area contributed by atoms with E-state index in [-0.39, 0.29) is 17.9 Å². The molecule has 1 aliphatic rings. The molecule has 1 amide bonds. The maximum atomic E-state index is 12.9. The Morgan fingerprint density at radius 1 is 1.33 bits per heavy atom. The minimum atomic E-state index is -0.371. The summed E-state index contributed by atoms with van der Waals surface area (Å²) < 4.78 is 16.6. The lowest BCUT2D eigenvalue weighted by Crippen LogP contribution is -2.32. The molecule has 30 heavy (non-hydrogen) atoms. The molecule has 3 aromatic rings. The summed E-state index contributed by atoms with van der Waals surface area (Å²) in [4.78, 5) is 21.6. The van der Waals surface area contributed by atoms with Gasteiger partial charge in [-0.2, -0.15) is 4.98 Å². The van der Waals surface area contributed by atoms with Gasteiger partial charge in [-0.05, 0) is 37.0 Å². The van der Waals surface area contributed by atoms with Gasteiger partial charge in [-0.15, -0.1) is 11.3 Å². The van der Waals surface area contributed by atoms with Crippen LogP contribution in [-0.4, -0.2) is 28.1 Å². The van der Waals surface area contributed by atoms with E-state index in [1.807, 2.05) is 19.2 Å². The number of aromatic nitrogens is 3. The fourth-order valence-electron chi connectivity index (χ4n) is 3.01. The van der Waals surface area contributed by atoms with Gasteiger partial charge in [-0.3, -0.25) is 4.79 Å². The number of amides is 1. The molecule has 1 aromatic carbocycles. The highest BCUT2D eigenvalue weighted by Gasteiger charge is 2.31. The first-order valence-electron chi connectivity index (χ1n) is 9.87. The Balaban J connectivity index is 1.46. The number of rotatable bonds is 9. The Morgan fingerprint density at radius 3 is 2.83 bits per heavy atom. The maximum Gasteiger partial charge on any atom is 0.252 e. The summed E-state index contributed by atoms with van der Waals surface area (Å²) in [6.07, 6.45) is 2.18. The topological polar surface area (TPSA) is 99.4 Å². The molecule has 8 nitrogen and oxygen atoms in total. The number of methoxy groups -OCH3 is 1. The zero-order chi connectivity index (χ0) is 21.1. The smallest absolute Gasteiger partial charge is 0.252 e. The van der Waals surface area contributed by atoms with Crippen LogP contribution >= 0.6 is 11.3 Å². The first-order chi connectivity index (χ1) is 14.5. The molecule has 0 bridgehead atoms. The standard InChI is InChI=1S/C21H24N4O4S/c1-12(2)18(21-24-19(25-29-21)13-4-5-13)23-20(26)14-6-7-16(17(8-14)27-3)28-9-15-10-30-11-22-15/h6-8,10-13,18H,4-5,9H2,1-3H3,(H,23,26). The number of carbonyl (C=O) groups excluding carboxylic acids is 1. The van der Waals surface area contributed by atoms with Crippen molar-refractivity contribution in [2.45, 2.75) is 45.3 Å². The van der Waals surface area contributed by atoms with Gasteiger partial charge in [0.15, 0.2) is 17.3 Å². The van der Waals surface area contributed by atoms with Gasteiger partial charge in [0.25, 0.3) is 5.91 Å². The SMILES string of the molecule is COc1cc(C(=O)NC(c2nc(C3CC3)no2)C(C)C)ccc1OCc1cscn1. The van der Waals surface area contributed by atoms with Gasteiger partial charge in [0.2, 0.25) is 5.89 Å². The third-order valence-corrected chi connectivity index (χ3v) is 5.54. The Morgan fingerprint density at radius 2 is 2.17 bits per heavy atom. The number of ether oxygens (including phenoxy) is 2. The second-order valence-electron chi connectivity index (χ2n) is 7.59. The molecule has 158 valence electrons. The van der Waals surface area contributed by atoms with Crippen LogP contribution in [0.4, 0.5) is 0 Å². The number of hydrogen-bond acceptors (Lipinski definition) is 8. The van der Waals surface area contributed by atoms with E-state index >= 15 is 0 Å². The second kappa shape index (κ2) is 8.83. The van der Waals surface area contributed by atoms with Crippen molar-refractivity contribution in [3.8, 4) is 11.5 Å². The van der Waals surface area contributed by atoms with Crippen LogP contribution in [0.15, 0.2) is 33.6 Å². The summed E-state index contributed by atoms with van der Waals surface area (Å²) in [6.45, 7) is 4.34. The van der Waals surface area contributed by atoms with Gasteiger partial charge < -0.3 is 19.3 Å². The minimum absolute atomic E-state index is 0.0871. The van der Waals surface area contributed by atoms with Gasteiger partial charge in [-0.25, -0.2) is 4.98 Å². The van der Waals surface area contributed by atoms with Crippen LogP contribution < -0.4 is 14.8 Å². The summed E-state index contributed by atoms with van der Waals surface area (Å²) in [6, 6.07) is 4.72. The zero-order valence-corrected chi connectivity index (χ0v) is 17.9. The molecule has 0 spiro atoms. The normalized spacial score (nSPS) is 14.5. The van der Waals surface area contributed by atoms with Gasteiger partial charge in [-0.1, -0.05) is 19.0 Å². The van der Waals surface area contributed by atoms with Crippen LogP contribution in [0.25, 0.3) is 0 Å². The highest BCUT2D eigenvalue weighted by molar-refractivity contribution is 7.07. The molecule has 0 aliphatic heterocycles. The van der Waals surface area contributed by atoms with Gasteiger partial charge in [0.05, 0.1) is 18.3 Å². The van der Waals surface area contributed by atoms with E-state index in [1.165, 1.54) is 11.3 Å². The molecular formula is C21H24N4O4S. The van der Waals surface area contributed by atoms with Crippen molar-refractivity contribution in [3.63, 3.8) is 0 Å². The fraction of sp³-hybridized carbons (Fsp3) is 0.429. The van der Waals surface area contributed by atoms with E-state index in [0.717, 1.165) is 24.4 Å². The molecule has 1 atom stereocenters. The summed E-state index contributed by atoms with van der Waals surface area (Å²) >= 11 is 1.51. The van der Waals surface area contributed by atoms with Crippen molar-refractivity contribution < 1.29 is 18.8 Å². The molecule has 1 saturated carbocycles.